The summed E-state index contributed by atoms with van der Waals surface area (Å²) in [5.74, 6) is 0.626. The lowest BCUT2D eigenvalue weighted by molar-refractivity contribution is 0.271. The van der Waals surface area contributed by atoms with Crippen LogP contribution in [0.4, 0.5) is 0 Å². The topological polar surface area (TPSA) is 46.3 Å². The largest absolute Gasteiger partial charge is 0.444 e. The highest BCUT2D eigenvalue weighted by Crippen LogP contribution is 2.22. The van der Waals surface area contributed by atoms with Gasteiger partial charge in [-0.2, -0.15) is 0 Å². The molecule has 1 N–H and O–H groups in total. The first kappa shape index (κ1) is 10.9. The molecule has 0 fully saturated rings. The van der Waals surface area contributed by atoms with Crippen LogP contribution in [0.3, 0.4) is 0 Å². The second kappa shape index (κ2) is 4.49. The average molecular weight is 217 g/mol. The number of aryl methyl sites for hydroxylation is 1. The predicted octanol–water partition coefficient (Wildman–Crippen LogP) is 2.75. The summed E-state index contributed by atoms with van der Waals surface area (Å²) in [6.45, 7) is 4.03. The Balaban J connectivity index is 2.31. The monoisotopic (exact) mass is 217 g/mol. The summed E-state index contributed by atoms with van der Waals surface area (Å²) in [6, 6.07) is 8.00. The molecule has 1 unspecified atom stereocenters. The van der Waals surface area contributed by atoms with E-state index < -0.39 is 0 Å². The molecule has 2 rings (SSSR count). The number of rotatable bonds is 3. The summed E-state index contributed by atoms with van der Waals surface area (Å²) in [5, 5.41) is 9.03. The van der Waals surface area contributed by atoms with Crippen molar-refractivity contribution in [2.75, 3.05) is 6.61 Å². The van der Waals surface area contributed by atoms with Crippen molar-refractivity contribution in [3.8, 4) is 11.5 Å². The average Bonchev–Trinajstić information content (AvgIpc) is 2.77. The second-order valence-corrected chi connectivity index (χ2v) is 4.03. The SMILES string of the molecule is Cc1cccc(-c2nc(C(C)CO)co2)c1. The fourth-order valence-corrected chi connectivity index (χ4v) is 1.52. The minimum atomic E-state index is 0.0160. The van der Waals surface area contributed by atoms with E-state index in [1.165, 1.54) is 5.56 Å². The molecular weight excluding hydrogens is 202 g/mol. The number of benzene rings is 1. The van der Waals surface area contributed by atoms with E-state index in [0.29, 0.717) is 5.89 Å². The van der Waals surface area contributed by atoms with Crippen LogP contribution in [0.15, 0.2) is 34.9 Å². The Labute approximate surface area is 94.8 Å². The molecule has 0 spiro atoms. The molecular formula is C13H15NO2. The Morgan fingerprint density at radius 2 is 2.25 bits per heavy atom. The molecule has 0 aliphatic rings. The van der Waals surface area contributed by atoms with Gasteiger partial charge in [0.25, 0.3) is 0 Å². The Morgan fingerprint density at radius 3 is 2.94 bits per heavy atom. The minimum Gasteiger partial charge on any atom is -0.444 e. The fraction of sp³-hybridized carbons (Fsp3) is 0.308. The Hall–Kier alpha value is -1.61. The summed E-state index contributed by atoms with van der Waals surface area (Å²) >= 11 is 0. The van der Waals surface area contributed by atoms with Crippen LogP contribution in [-0.4, -0.2) is 16.7 Å². The first-order chi connectivity index (χ1) is 7.70. The van der Waals surface area contributed by atoms with Crippen LogP contribution in [0, 0.1) is 6.92 Å². The van der Waals surface area contributed by atoms with Gasteiger partial charge in [-0.1, -0.05) is 24.6 Å². The maximum atomic E-state index is 9.03. The van der Waals surface area contributed by atoms with Gasteiger partial charge in [0.1, 0.15) is 6.26 Å². The minimum absolute atomic E-state index is 0.0160. The van der Waals surface area contributed by atoms with Gasteiger partial charge < -0.3 is 9.52 Å². The number of hydrogen-bond acceptors (Lipinski definition) is 3. The highest BCUT2D eigenvalue weighted by Gasteiger charge is 2.11. The molecule has 0 saturated carbocycles. The molecule has 0 amide bonds. The quantitative estimate of drug-likeness (QED) is 0.859. The lowest BCUT2D eigenvalue weighted by Gasteiger charge is -2.00. The van der Waals surface area contributed by atoms with Crippen molar-refractivity contribution >= 4 is 0 Å². The molecule has 1 atom stereocenters. The molecule has 1 aromatic carbocycles. The number of aliphatic hydroxyl groups excluding tert-OH is 1. The number of hydrogen-bond donors (Lipinski definition) is 1. The molecule has 3 heteroatoms. The molecule has 0 aliphatic heterocycles. The van der Waals surface area contributed by atoms with Crippen molar-refractivity contribution in [3.05, 3.63) is 41.8 Å². The number of nitrogens with zero attached hydrogens (tertiary/aromatic N) is 1. The zero-order valence-corrected chi connectivity index (χ0v) is 9.47. The third kappa shape index (κ3) is 2.14. The molecule has 0 bridgehead atoms. The van der Waals surface area contributed by atoms with Gasteiger partial charge in [-0.25, -0.2) is 4.98 Å². The van der Waals surface area contributed by atoms with E-state index in [1.807, 2.05) is 38.1 Å². The fourth-order valence-electron chi connectivity index (χ4n) is 1.52. The Morgan fingerprint density at radius 1 is 1.44 bits per heavy atom. The van der Waals surface area contributed by atoms with Crippen LogP contribution < -0.4 is 0 Å². The number of aliphatic hydroxyl groups is 1. The Bertz CT molecular complexity index is 476. The van der Waals surface area contributed by atoms with Crippen LogP contribution in [0.25, 0.3) is 11.5 Å². The van der Waals surface area contributed by atoms with Crippen molar-refractivity contribution in [2.45, 2.75) is 19.8 Å². The number of oxazole rings is 1. The van der Waals surface area contributed by atoms with E-state index in [9.17, 15) is 0 Å². The summed E-state index contributed by atoms with van der Waals surface area (Å²) < 4.78 is 5.41. The molecule has 16 heavy (non-hydrogen) atoms. The third-order valence-electron chi connectivity index (χ3n) is 2.57. The Kier molecular flexibility index (Phi) is 3.06. The molecule has 0 radical (unpaired) electrons. The number of aromatic nitrogens is 1. The molecule has 0 aliphatic carbocycles. The van der Waals surface area contributed by atoms with Crippen LogP contribution in [0.5, 0.6) is 0 Å². The van der Waals surface area contributed by atoms with Crippen LogP contribution in [0.1, 0.15) is 24.1 Å². The van der Waals surface area contributed by atoms with Gasteiger partial charge in [-0.3, -0.25) is 0 Å². The molecule has 0 saturated heterocycles. The van der Waals surface area contributed by atoms with Gasteiger partial charge in [0.2, 0.25) is 5.89 Å². The van der Waals surface area contributed by atoms with E-state index in [1.54, 1.807) is 6.26 Å². The zero-order valence-electron chi connectivity index (χ0n) is 9.47. The van der Waals surface area contributed by atoms with Crippen LogP contribution in [-0.2, 0) is 0 Å². The lowest BCUT2D eigenvalue weighted by atomic mass is 10.1. The highest BCUT2D eigenvalue weighted by molar-refractivity contribution is 5.54. The predicted molar refractivity (Wildman–Crippen MR) is 62.2 cm³/mol. The van der Waals surface area contributed by atoms with Crippen molar-refractivity contribution in [3.63, 3.8) is 0 Å². The van der Waals surface area contributed by atoms with Crippen molar-refractivity contribution < 1.29 is 9.52 Å². The first-order valence-electron chi connectivity index (χ1n) is 5.34. The van der Waals surface area contributed by atoms with Gasteiger partial charge in [0.15, 0.2) is 0 Å². The van der Waals surface area contributed by atoms with E-state index in [4.69, 9.17) is 9.52 Å². The van der Waals surface area contributed by atoms with Gasteiger partial charge in [-0.15, -0.1) is 0 Å². The smallest absolute Gasteiger partial charge is 0.226 e. The second-order valence-electron chi connectivity index (χ2n) is 4.03. The van der Waals surface area contributed by atoms with E-state index in [0.717, 1.165) is 11.3 Å². The van der Waals surface area contributed by atoms with Gasteiger partial charge in [0.05, 0.1) is 12.3 Å². The molecule has 2 aromatic rings. The maximum Gasteiger partial charge on any atom is 0.226 e. The molecule has 1 heterocycles. The normalized spacial score (nSPS) is 12.7. The van der Waals surface area contributed by atoms with E-state index >= 15 is 0 Å². The van der Waals surface area contributed by atoms with Crippen molar-refractivity contribution in [1.29, 1.82) is 0 Å². The standard InChI is InChI=1S/C13H15NO2/c1-9-4-3-5-11(6-9)13-14-12(8-16-13)10(2)7-15/h3-6,8,10,15H,7H2,1-2H3. The molecule has 84 valence electrons. The maximum absolute atomic E-state index is 9.03. The lowest BCUT2D eigenvalue weighted by Crippen LogP contribution is -1.98. The summed E-state index contributed by atoms with van der Waals surface area (Å²) in [6.07, 6.45) is 1.61. The van der Waals surface area contributed by atoms with Gasteiger partial charge in [0, 0.05) is 11.5 Å². The van der Waals surface area contributed by atoms with Gasteiger partial charge >= 0.3 is 0 Å². The highest BCUT2D eigenvalue weighted by atomic mass is 16.3. The van der Waals surface area contributed by atoms with E-state index in [2.05, 4.69) is 4.98 Å². The summed E-state index contributed by atoms with van der Waals surface area (Å²) in [5.41, 5.74) is 2.93. The third-order valence-corrected chi connectivity index (χ3v) is 2.57. The summed E-state index contributed by atoms with van der Waals surface area (Å²) in [4.78, 5) is 4.37. The van der Waals surface area contributed by atoms with Crippen LogP contribution >= 0.6 is 0 Å². The van der Waals surface area contributed by atoms with Crippen LogP contribution in [0.2, 0.25) is 0 Å². The van der Waals surface area contributed by atoms with Crippen molar-refractivity contribution in [2.24, 2.45) is 0 Å². The van der Waals surface area contributed by atoms with E-state index in [-0.39, 0.29) is 12.5 Å². The first-order valence-corrected chi connectivity index (χ1v) is 5.34. The summed E-state index contributed by atoms with van der Waals surface area (Å²) in [7, 11) is 0. The zero-order chi connectivity index (χ0) is 11.5. The molecule has 1 aromatic heterocycles. The van der Waals surface area contributed by atoms with Gasteiger partial charge in [-0.05, 0) is 19.1 Å². The van der Waals surface area contributed by atoms with Crippen molar-refractivity contribution in [1.82, 2.24) is 4.98 Å². The molecule has 3 nitrogen and oxygen atoms in total.